The van der Waals surface area contributed by atoms with Crippen LogP contribution < -0.4 is 5.32 Å². The fourth-order valence-corrected chi connectivity index (χ4v) is 3.59. The van der Waals surface area contributed by atoms with Gasteiger partial charge in [0, 0.05) is 18.3 Å². The van der Waals surface area contributed by atoms with Gasteiger partial charge in [0.15, 0.2) is 0 Å². The van der Waals surface area contributed by atoms with Crippen LogP contribution in [0.2, 0.25) is 0 Å². The number of nitrogens with one attached hydrogen (secondary N) is 1. The first kappa shape index (κ1) is 16.5. The molecule has 0 spiro atoms. The van der Waals surface area contributed by atoms with E-state index in [0.717, 1.165) is 48.4 Å². The summed E-state index contributed by atoms with van der Waals surface area (Å²) in [6.45, 7) is 6.76. The van der Waals surface area contributed by atoms with Crippen molar-refractivity contribution in [3.8, 4) is 0 Å². The molecule has 0 bridgehead atoms. The van der Waals surface area contributed by atoms with E-state index in [1.807, 2.05) is 37.8 Å². The van der Waals surface area contributed by atoms with Crippen molar-refractivity contribution in [3.05, 3.63) is 58.9 Å². The van der Waals surface area contributed by atoms with E-state index in [-0.39, 0.29) is 12.1 Å². The van der Waals surface area contributed by atoms with Crippen LogP contribution in [0.25, 0.3) is 0 Å². The van der Waals surface area contributed by atoms with Crippen molar-refractivity contribution in [3.63, 3.8) is 0 Å². The average molecular weight is 323 g/mol. The van der Waals surface area contributed by atoms with Gasteiger partial charge in [-0.05, 0) is 57.2 Å². The molecule has 1 fully saturated rings. The minimum atomic E-state index is -0.00900. The van der Waals surface area contributed by atoms with Gasteiger partial charge in [-0.1, -0.05) is 30.3 Å². The van der Waals surface area contributed by atoms with Gasteiger partial charge in [-0.2, -0.15) is 0 Å². The van der Waals surface area contributed by atoms with Crippen molar-refractivity contribution in [2.75, 3.05) is 11.9 Å². The Hall–Kier alpha value is -2.36. The molecule has 0 saturated carbocycles. The summed E-state index contributed by atoms with van der Waals surface area (Å²) < 4.78 is 0. The molecule has 2 amide bonds. The number of carbonyl (C=O) groups is 1. The number of rotatable bonds is 3. The standard InChI is InChI=1S/C20H25N3O/c1-14-12-15(2)21-16(3)19(14)22-20(24)23-11-7-10-18(23)13-17-8-5-4-6-9-17/h4-6,8-9,12,18H,7,10-11,13H2,1-3H3,(H,22,24)/t18-/m0/s1. The van der Waals surface area contributed by atoms with Crippen LogP contribution in [-0.2, 0) is 6.42 Å². The summed E-state index contributed by atoms with van der Waals surface area (Å²) in [5, 5.41) is 3.09. The first-order valence-corrected chi connectivity index (χ1v) is 8.61. The molecule has 126 valence electrons. The van der Waals surface area contributed by atoms with Gasteiger partial charge >= 0.3 is 6.03 Å². The molecule has 1 aromatic heterocycles. The Morgan fingerprint density at radius 2 is 2.00 bits per heavy atom. The zero-order valence-corrected chi connectivity index (χ0v) is 14.7. The van der Waals surface area contributed by atoms with Crippen LogP contribution in [0.4, 0.5) is 10.5 Å². The SMILES string of the molecule is Cc1cc(C)c(NC(=O)N2CCC[C@H]2Cc2ccccc2)c(C)n1. The van der Waals surface area contributed by atoms with E-state index in [1.54, 1.807) is 0 Å². The fraction of sp³-hybridized carbons (Fsp3) is 0.400. The summed E-state index contributed by atoms with van der Waals surface area (Å²) >= 11 is 0. The van der Waals surface area contributed by atoms with Crippen LogP contribution in [0.3, 0.4) is 0 Å². The number of carbonyl (C=O) groups excluding carboxylic acids is 1. The Morgan fingerprint density at radius 1 is 1.25 bits per heavy atom. The molecule has 1 N–H and O–H groups in total. The minimum absolute atomic E-state index is 0.00900. The second-order valence-electron chi connectivity index (χ2n) is 6.65. The Kier molecular flexibility index (Phi) is 4.84. The van der Waals surface area contributed by atoms with Crippen molar-refractivity contribution in [2.24, 2.45) is 0 Å². The lowest BCUT2D eigenvalue weighted by molar-refractivity contribution is 0.206. The largest absolute Gasteiger partial charge is 0.322 e. The molecular weight excluding hydrogens is 298 g/mol. The summed E-state index contributed by atoms with van der Waals surface area (Å²) in [6, 6.07) is 12.7. The number of aryl methyl sites for hydroxylation is 3. The Labute approximate surface area is 143 Å². The molecule has 1 atom stereocenters. The van der Waals surface area contributed by atoms with E-state index in [9.17, 15) is 4.79 Å². The number of anilines is 1. The lowest BCUT2D eigenvalue weighted by atomic mass is 10.0. The minimum Gasteiger partial charge on any atom is -0.321 e. The molecule has 4 nitrogen and oxygen atoms in total. The van der Waals surface area contributed by atoms with Gasteiger partial charge in [0.25, 0.3) is 0 Å². The molecule has 2 aromatic rings. The van der Waals surface area contributed by atoms with Gasteiger partial charge in [-0.15, -0.1) is 0 Å². The lowest BCUT2D eigenvalue weighted by Gasteiger charge is -2.26. The number of hydrogen-bond acceptors (Lipinski definition) is 2. The second kappa shape index (κ2) is 7.04. The second-order valence-corrected chi connectivity index (χ2v) is 6.65. The summed E-state index contributed by atoms with van der Waals surface area (Å²) in [6.07, 6.45) is 3.04. The normalized spacial score (nSPS) is 17.1. The molecule has 24 heavy (non-hydrogen) atoms. The molecule has 4 heteroatoms. The van der Waals surface area contributed by atoms with Crippen molar-refractivity contribution < 1.29 is 4.79 Å². The predicted molar refractivity (Wildman–Crippen MR) is 97.3 cm³/mol. The van der Waals surface area contributed by atoms with Gasteiger partial charge in [0.1, 0.15) is 0 Å². The van der Waals surface area contributed by atoms with Crippen molar-refractivity contribution in [2.45, 2.75) is 46.1 Å². The molecule has 1 aliphatic rings. The molecule has 0 radical (unpaired) electrons. The van der Waals surface area contributed by atoms with E-state index < -0.39 is 0 Å². The summed E-state index contributed by atoms with van der Waals surface area (Å²) in [7, 11) is 0. The number of likely N-dealkylation sites (tertiary alicyclic amines) is 1. The third-order valence-corrected chi connectivity index (χ3v) is 4.71. The molecule has 1 saturated heterocycles. The average Bonchev–Trinajstić information content (AvgIpc) is 3.00. The van der Waals surface area contributed by atoms with Crippen LogP contribution in [0.15, 0.2) is 36.4 Å². The number of amides is 2. The third-order valence-electron chi connectivity index (χ3n) is 4.71. The van der Waals surface area contributed by atoms with Gasteiger partial charge in [0.05, 0.1) is 11.4 Å². The molecule has 3 rings (SSSR count). The van der Waals surface area contributed by atoms with E-state index >= 15 is 0 Å². The maximum absolute atomic E-state index is 12.8. The molecule has 0 aliphatic carbocycles. The van der Waals surface area contributed by atoms with Crippen molar-refractivity contribution >= 4 is 11.7 Å². The number of urea groups is 1. The van der Waals surface area contributed by atoms with E-state index in [4.69, 9.17) is 0 Å². The van der Waals surface area contributed by atoms with E-state index in [0.29, 0.717) is 0 Å². The summed E-state index contributed by atoms with van der Waals surface area (Å²) in [4.78, 5) is 19.2. The van der Waals surface area contributed by atoms with Crippen LogP contribution in [0.1, 0.15) is 35.4 Å². The van der Waals surface area contributed by atoms with Gasteiger partial charge in [-0.3, -0.25) is 4.98 Å². The number of aromatic nitrogens is 1. The summed E-state index contributed by atoms with van der Waals surface area (Å²) in [5.41, 5.74) is 5.04. The molecule has 0 unspecified atom stereocenters. The highest BCUT2D eigenvalue weighted by Crippen LogP contribution is 2.24. The first-order valence-electron chi connectivity index (χ1n) is 8.61. The zero-order chi connectivity index (χ0) is 17.1. The fourth-order valence-electron chi connectivity index (χ4n) is 3.59. The quantitative estimate of drug-likeness (QED) is 0.918. The molecule has 1 aliphatic heterocycles. The number of benzene rings is 1. The van der Waals surface area contributed by atoms with Crippen LogP contribution >= 0.6 is 0 Å². The maximum Gasteiger partial charge on any atom is 0.322 e. The van der Waals surface area contributed by atoms with Crippen LogP contribution in [0, 0.1) is 20.8 Å². The number of pyridine rings is 1. The number of hydrogen-bond donors (Lipinski definition) is 1. The smallest absolute Gasteiger partial charge is 0.321 e. The Morgan fingerprint density at radius 3 is 2.71 bits per heavy atom. The van der Waals surface area contributed by atoms with E-state index in [2.05, 4.69) is 34.6 Å². The highest BCUT2D eigenvalue weighted by Gasteiger charge is 2.29. The molecule has 1 aromatic carbocycles. The first-order chi connectivity index (χ1) is 11.5. The van der Waals surface area contributed by atoms with E-state index in [1.165, 1.54) is 5.56 Å². The highest BCUT2D eigenvalue weighted by atomic mass is 16.2. The van der Waals surface area contributed by atoms with Crippen molar-refractivity contribution in [1.29, 1.82) is 0 Å². The third kappa shape index (κ3) is 3.58. The topological polar surface area (TPSA) is 45.2 Å². The van der Waals surface area contributed by atoms with Crippen molar-refractivity contribution in [1.82, 2.24) is 9.88 Å². The maximum atomic E-state index is 12.8. The Balaban J connectivity index is 1.72. The molecule has 2 heterocycles. The van der Waals surface area contributed by atoms with Gasteiger partial charge in [-0.25, -0.2) is 4.79 Å². The predicted octanol–water partition coefficient (Wildman–Crippen LogP) is 4.25. The zero-order valence-electron chi connectivity index (χ0n) is 14.7. The van der Waals surface area contributed by atoms with Gasteiger partial charge in [0.2, 0.25) is 0 Å². The van der Waals surface area contributed by atoms with Crippen LogP contribution in [-0.4, -0.2) is 28.5 Å². The molecular formula is C20H25N3O. The highest BCUT2D eigenvalue weighted by molar-refractivity contribution is 5.91. The lowest BCUT2D eigenvalue weighted by Crippen LogP contribution is -2.40. The van der Waals surface area contributed by atoms with Gasteiger partial charge < -0.3 is 10.2 Å². The monoisotopic (exact) mass is 323 g/mol. The summed E-state index contributed by atoms with van der Waals surface area (Å²) in [5.74, 6) is 0. The number of nitrogens with zero attached hydrogens (tertiary/aromatic N) is 2. The van der Waals surface area contributed by atoms with Crippen LogP contribution in [0.5, 0.6) is 0 Å². The Bertz CT molecular complexity index is 704.